The van der Waals surface area contributed by atoms with Gasteiger partial charge in [0, 0.05) is 35.9 Å². The molecule has 0 saturated heterocycles. The van der Waals surface area contributed by atoms with Crippen molar-refractivity contribution in [1.82, 2.24) is 24.7 Å². The summed E-state index contributed by atoms with van der Waals surface area (Å²) in [5.74, 6) is 0.872. The SMILES string of the molecule is CCn1c(-c2cc(NC(=O)c3cnccn3)n[nH]2)cc2cc(OC)ccc21. The number of aryl methyl sites for hydroxylation is 1. The average Bonchev–Trinajstić information content (AvgIpc) is 3.31. The second-order valence-corrected chi connectivity index (χ2v) is 5.91. The third kappa shape index (κ3) is 3.12. The Kier molecular flexibility index (Phi) is 4.29. The van der Waals surface area contributed by atoms with Crippen LogP contribution < -0.4 is 10.1 Å². The molecule has 0 radical (unpaired) electrons. The lowest BCUT2D eigenvalue weighted by atomic mass is 10.2. The van der Waals surface area contributed by atoms with Crippen molar-refractivity contribution < 1.29 is 9.53 Å². The van der Waals surface area contributed by atoms with Crippen LogP contribution in [0.2, 0.25) is 0 Å². The molecule has 4 aromatic rings. The van der Waals surface area contributed by atoms with Gasteiger partial charge in [0.05, 0.1) is 24.7 Å². The number of carbonyl (C=O) groups is 1. The maximum Gasteiger partial charge on any atom is 0.277 e. The van der Waals surface area contributed by atoms with Crippen LogP contribution in [0.4, 0.5) is 5.82 Å². The molecule has 0 aliphatic heterocycles. The highest BCUT2D eigenvalue weighted by Gasteiger charge is 2.15. The number of aromatic amines is 1. The van der Waals surface area contributed by atoms with E-state index in [4.69, 9.17) is 4.74 Å². The zero-order valence-electron chi connectivity index (χ0n) is 14.9. The molecule has 0 bridgehead atoms. The Hall–Kier alpha value is -3.68. The topological polar surface area (TPSA) is 97.7 Å². The predicted octanol–water partition coefficient (Wildman–Crippen LogP) is 3.10. The number of aromatic nitrogens is 5. The summed E-state index contributed by atoms with van der Waals surface area (Å²) < 4.78 is 7.49. The van der Waals surface area contributed by atoms with Gasteiger partial charge in [0.1, 0.15) is 11.4 Å². The molecule has 0 aliphatic rings. The van der Waals surface area contributed by atoms with Gasteiger partial charge >= 0.3 is 0 Å². The third-order valence-electron chi connectivity index (χ3n) is 4.32. The van der Waals surface area contributed by atoms with Crippen molar-refractivity contribution >= 4 is 22.6 Å². The van der Waals surface area contributed by atoms with E-state index < -0.39 is 0 Å². The van der Waals surface area contributed by atoms with Crippen LogP contribution >= 0.6 is 0 Å². The number of fused-ring (bicyclic) bond motifs is 1. The number of nitrogens with one attached hydrogen (secondary N) is 2. The zero-order valence-corrected chi connectivity index (χ0v) is 14.9. The molecule has 27 heavy (non-hydrogen) atoms. The van der Waals surface area contributed by atoms with Crippen LogP contribution in [0.15, 0.2) is 48.9 Å². The van der Waals surface area contributed by atoms with Gasteiger partial charge in [-0.2, -0.15) is 5.10 Å². The summed E-state index contributed by atoms with van der Waals surface area (Å²) in [6, 6.07) is 9.85. The van der Waals surface area contributed by atoms with Crippen molar-refractivity contribution in [3.8, 4) is 17.1 Å². The van der Waals surface area contributed by atoms with Gasteiger partial charge in [-0.05, 0) is 31.2 Å². The third-order valence-corrected chi connectivity index (χ3v) is 4.32. The van der Waals surface area contributed by atoms with E-state index in [0.717, 1.165) is 34.6 Å². The van der Waals surface area contributed by atoms with E-state index in [-0.39, 0.29) is 11.6 Å². The number of benzene rings is 1. The fraction of sp³-hybridized carbons (Fsp3) is 0.158. The molecular formula is C19H18N6O2. The summed E-state index contributed by atoms with van der Waals surface area (Å²) in [6.07, 6.45) is 4.39. The van der Waals surface area contributed by atoms with Crippen LogP contribution in [-0.2, 0) is 6.54 Å². The minimum atomic E-state index is -0.359. The van der Waals surface area contributed by atoms with Crippen molar-refractivity contribution in [2.75, 3.05) is 12.4 Å². The van der Waals surface area contributed by atoms with E-state index in [1.807, 2.05) is 18.2 Å². The lowest BCUT2D eigenvalue weighted by Gasteiger charge is -2.06. The van der Waals surface area contributed by atoms with E-state index in [0.29, 0.717) is 5.82 Å². The van der Waals surface area contributed by atoms with E-state index in [9.17, 15) is 4.79 Å². The number of hydrogen-bond donors (Lipinski definition) is 2. The number of H-pyrrole nitrogens is 1. The molecule has 0 fully saturated rings. The molecular weight excluding hydrogens is 344 g/mol. The number of nitrogens with zero attached hydrogens (tertiary/aromatic N) is 4. The molecule has 3 aromatic heterocycles. The first kappa shape index (κ1) is 16.8. The van der Waals surface area contributed by atoms with E-state index in [2.05, 4.69) is 43.0 Å². The average molecular weight is 362 g/mol. The van der Waals surface area contributed by atoms with Crippen LogP contribution in [0.25, 0.3) is 22.3 Å². The molecule has 8 nitrogen and oxygen atoms in total. The van der Waals surface area contributed by atoms with Crippen LogP contribution in [0, 0.1) is 0 Å². The normalized spacial score (nSPS) is 10.9. The quantitative estimate of drug-likeness (QED) is 0.568. The van der Waals surface area contributed by atoms with Crippen molar-refractivity contribution in [3.63, 3.8) is 0 Å². The maximum absolute atomic E-state index is 12.2. The first-order valence-electron chi connectivity index (χ1n) is 8.50. The molecule has 136 valence electrons. The predicted molar refractivity (Wildman–Crippen MR) is 102 cm³/mol. The Morgan fingerprint density at radius 3 is 2.89 bits per heavy atom. The number of methoxy groups -OCH3 is 1. The summed E-state index contributed by atoms with van der Waals surface area (Å²) in [5, 5.41) is 11.0. The molecule has 1 amide bonds. The van der Waals surface area contributed by atoms with Gasteiger partial charge in [0.15, 0.2) is 5.82 Å². The fourth-order valence-electron chi connectivity index (χ4n) is 3.05. The number of anilines is 1. The van der Waals surface area contributed by atoms with Crippen molar-refractivity contribution in [1.29, 1.82) is 0 Å². The van der Waals surface area contributed by atoms with Crippen LogP contribution in [0.3, 0.4) is 0 Å². The monoisotopic (exact) mass is 362 g/mol. The second-order valence-electron chi connectivity index (χ2n) is 5.91. The smallest absolute Gasteiger partial charge is 0.277 e. The van der Waals surface area contributed by atoms with Gasteiger partial charge in [-0.15, -0.1) is 0 Å². The zero-order chi connectivity index (χ0) is 18.8. The van der Waals surface area contributed by atoms with Gasteiger partial charge in [0.2, 0.25) is 0 Å². The van der Waals surface area contributed by atoms with E-state index >= 15 is 0 Å². The maximum atomic E-state index is 12.2. The van der Waals surface area contributed by atoms with Crippen LogP contribution in [0.5, 0.6) is 5.75 Å². The number of ether oxygens (including phenoxy) is 1. The molecule has 1 aromatic carbocycles. The molecule has 0 spiro atoms. The minimum Gasteiger partial charge on any atom is -0.497 e. The Morgan fingerprint density at radius 2 is 2.15 bits per heavy atom. The first-order valence-corrected chi connectivity index (χ1v) is 8.50. The molecule has 0 aliphatic carbocycles. The highest BCUT2D eigenvalue weighted by Crippen LogP contribution is 2.30. The van der Waals surface area contributed by atoms with Crippen LogP contribution in [-0.4, -0.2) is 37.7 Å². The van der Waals surface area contributed by atoms with E-state index in [1.165, 1.54) is 18.6 Å². The molecule has 0 atom stereocenters. The molecule has 3 heterocycles. The Balaban J connectivity index is 1.65. The highest BCUT2D eigenvalue weighted by atomic mass is 16.5. The van der Waals surface area contributed by atoms with Crippen molar-refractivity contribution in [2.24, 2.45) is 0 Å². The fourth-order valence-corrected chi connectivity index (χ4v) is 3.05. The van der Waals surface area contributed by atoms with Crippen molar-refractivity contribution in [3.05, 3.63) is 54.6 Å². The Bertz CT molecular complexity index is 1100. The van der Waals surface area contributed by atoms with Crippen molar-refractivity contribution in [2.45, 2.75) is 13.5 Å². The van der Waals surface area contributed by atoms with Gasteiger partial charge in [-0.3, -0.25) is 14.9 Å². The van der Waals surface area contributed by atoms with Gasteiger partial charge in [0.25, 0.3) is 5.91 Å². The summed E-state index contributed by atoms with van der Waals surface area (Å²) in [7, 11) is 1.65. The lowest BCUT2D eigenvalue weighted by Crippen LogP contribution is -2.13. The number of carbonyl (C=O) groups excluding carboxylic acids is 1. The Labute approximate surface area is 155 Å². The molecule has 4 rings (SSSR count). The summed E-state index contributed by atoms with van der Waals surface area (Å²) in [5.41, 5.74) is 3.12. The number of hydrogen-bond acceptors (Lipinski definition) is 5. The first-order chi connectivity index (χ1) is 13.2. The molecule has 0 unspecified atom stereocenters. The highest BCUT2D eigenvalue weighted by molar-refractivity contribution is 6.02. The van der Waals surface area contributed by atoms with Crippen LogP contribution in [0.1, 0.15) is 17.4 Å². The van der Waals surface area contributed by atoms with Gasteiger partial charge in [-0.25, -0.2) is 4.98 Å². The molecule has 0 saturated carbocycles. The standard InChI is InChI=1S/C19H18N6O2/c1-3-25-16-5-4-13(27-2)8-12(16)9-17(25)14-10-18(24-23-14)22-19(26)15-11-20-6-7-21-15/h4-11H,3H2,1-2H3,(H2,22,23,24,26). The Morgan fingerprint density at radius 1 is 1.26 bits per heavy atom. The lowest BCUT2D eigenvalue weighted by molar-refractivity contribution is 0.102. The summed E-state index contributed by atoms with van der Waals surface area (Å²) in [4.78, 5) is 20.1. The second kappa shape index (κ2) is 6.91. The number of amides is 1. The summed E-state index contributed by atoms with van der Waals surface area (Å²) in [6.45, 7) is 2.88. The summed E-state index contributed by atoms with van der Waals surface area (Å²) >= 11 is 0. The van der Waals surface area contributed by atoms with Gasteiger partial charge < -0.3 is 14.6 Å². The van der Waals surface area contributed by atoms with Gasteiger partial charge in [-0.1, -0.05) is 0 Å². The largest absolute Gasteiger partial charge is 0.497 e. The molecule has 2 N–H and O–H groups in total. The minimum absolute atomic E-state index is 0.233. The molecule has 8 heteroatoms. The number of rotatable bonds is 5. The van der Waals surface area contributed by atoms with E-state index in [1.54, 1.807) is 13.2 Å².